The molecule has 0 N–H and O–H groups in total. The first-order valence-electron chi connectivity index (χ1n) is 3.98. The SMILES string of the molecule is CC(=O)COc1ccc(F)cc1C. The number of benzene rings is 1. The average Bonchev–Trinajstić information content (AvgIpc) is 2.02. The second-order valence-electron chi connectivity index (χ2n) is 2.90. The van der Waals surface area contributed by atoms with Gasteiger partial charge in [-0.15, -0.1) is 0 Å². The standard InChI is InChI=1S/C10H11FO2/c1-7-5-9(11)3-4-10(7)13-6-8(2)12/h3-5H,6H2,1-2H3. The molecule has 13 heavy (non-hydrogen) atoms. The molecule has 70 valence electrons. The molecule has 0 aromatic heterocycles. The Labute approximate surface area is 76.3 Å². The molecule has 0 heterocycles. The molecule has 1 rings (SSSR count). The molecule has 2 nitrogen and oxygen atoms in total. The van der Waals surface area contributed by atoms with Gasteiger partial charge in [-0.2, -0.15) is 0 Å². The zero-order valence-corrected chi connectivity index (χ0v) is 7.63. The van der Waals surface area contributed by atoms with Crippen LogP contribution in [-0.4, -0.2) is 12.4 Å². The highest BCUT2D eigenvalue weighted by molar-refractivity contribution is 5.77. The van der Waals surface area contributed by atoms with E-state index in [1.807, 2.05) is 0 Å². The molecule has 0 amide bonds. The van der Waals surface area contributed by atoms with Crippen LogP contribution in [0.25, 0.3) is 0 Å². The number of carbonyl (C=O) groups excluding carboxylic acids is 1. The average molecular weight is 182 g/mol. The Bertz CT molecular complexity index is 321. The Kier molecular flexibility index (Phi) is 3.01. The maximum atomic E-state index is 12.6. The predicted molar refractivity (Wildman–Crippen MR) is 47.3 cm³/mol. The summed E-state index contributed by atoms with van der Waals surface area (Å²) in [4.78, 5) is 10.6. The molecule has 0 fully saturated rings. The summed E-state index contributed by atoms with van der Waals surface area (Å²) in [5, 5.41) is 0. The number of ether oxygens (including phenoxy) is 1. The number of Topliss-reactive ketones (excluding diaryl/α,β-unsaturated/α-hetero) is 1. The van der Waals surface area contributed by atoms with Crippen LogP contribution in [0.5, 0.6) is 5.75 Å². The van der Waals surface area contributed by atoms with Crippen molar-refractivity contribution in [2.45, 2.75) is 13.8 Å². The number of aryl methyl sites for hydroxylation is 1. The van der Waals surface area contributed by atoms with Gasteiger partial charge in [0.2, 0.25) is 0 Å². The van der Waals surface area contributed by atoms with E-state index in [0.29, 0.717) is 11.3 Å². The Morgan fingerprint density at radius 2 is 2.23 bits per heavy atom. The molecule has 0 aliphatic rings. The van der Waals surface area contributed by atoms with Crippen LogP contribution in [0.4, 0.5) is 4.39 Å². The van der Waals surface area contributed by atoms with Gasteiger partial charge in [-0.3, -0.25) is 4.79 Å². The minimum absolute atomic E-state index is 0.0342. The van der Waals surface area contributed by atoms with Crippen molar-refractivity contribution in [1.29, 1.82) is 0 Å². The van der Waals surface area contributed by atoms with Gasteiger partial charge in [0.15, 0.2) is 5.78 Å². The zero-order valence-electron chi connectivity index (χ0n) is 7.63. The van der Waals surface area contributed by atoms with Crippen molar-refractivity contribution < 1.29 is 13.9 Å². The topological polar surface area (TPSA) is 26.3 Å². The van der Waals surface area contributed by atoms with E-state index in [1.165, 1.54) is 25.1 Å². The maximum Gasteiger partial charge on any atom is 0.167 e. The Morgan fingerprint density at radius 3 is 2.77 bits per heavy atom. The zero-order chi connectivity index (χ0) is 9.84. The van der Waals surface area contributed by atoms with E-state index in [4.69, 9.17) is 4.74 Å². The number of carbonyl (C=O) groups is 1. The van der Waals surface area contributed by atoms with Gasteiger partial charge >= 0.3 is 0 Å². The summed E-state index contributed by atoms with van der Waals surface area (Å²) in [6.45, 7) is 3.21. The van der Waals surface area contributed by atoms with Gasteiger partial charge in [0.05, 0.1) is 0 Å². The summed E-state index contributed by atoms with van der Waals surface area (Å²) >= 11 is 0. The fourth-order valence-electron chi connectivity index (χ4n) is 0.954. The van der Waals surface area contributed by atoms with Crippen molar-refractivity contribution >= 4 is 5.78 Å². The Hall–Kier alpha value is -1.38. The van der Waals surface area contributed by atoms with Crippen LogP contribution in [0.3, 0.4) is 0 Å². The van der Waals surface area contributed by atoms with E-state index < -0.39 is 0 Å². The largest absolute Gasteiger partial charge is 0.486 e. The summed E-state index contributed by atoms with van der Waals surface area (Å²) in [6.07, 6.45) is 0. The van der Waals surface area contributed by atoms with Crippen molar-refractivity contribution in [2.75, 3.05) is 6.61 Å². The second-order valence-corrected chi connectivity index (χ2v) is 2.90. The van der Waals surface area contributed by atoms with Crippen molar-refractivity contribution in [1.82, 2.24) is 0 Å². The third-order valence-electron chi connectivity index (χ3n) is 1.57. The lowest BCUT2D eigenvalue weighted by Gasteiger charge is -2.06. The van der Waals surface area contributed by atoms with Crippen molar-refractivity contribution in [2.24, 2.45) is 0 Å². The van der Waals surface area contributed by atoms with Crippen molar-refractivity contribution in [3.8, 4) is 5.75 Å². The Morgan fingerprint density at radius 1 is 1.54 bits per heavy atom. The molecule has 0 saturated heterocycles. The van der Waals surface area contributed by atoms with E-state index in [0.717, 1.165) is 0 Å². The summed E-state index contributed by atoms with van der Waals surface area (Å²) in [6, 6.07) is 4.20. The van der Waals surface area contributed by atoms with Crippen molar-refractivity contribution in [3.05, 3.63) is 29.6 Å². The third kappa shape index (κ3) is 2.86. The monoisotopic (exact) mass is 182 g/mol. The first-order valence-corrected chi connectivity index (χ1v) is 3.98. The van der Waals surface area contributed by atoms with Gasteiger partial charge in [-0.05, 0) is 37.6 Å². The number of halogens is 1. The molecule has 0 radical (unpaired) electrons. The summed E-state index contributed by atoms with van der Waals surface area (Å²) in [5.41, 5.74) is 0.696. The lowest BCUT2D eigenvalue weighted by molar-refractivity contribution is -0.118. The summed E-state index contributed by atoms with van der Waals surface area (Å²) in [5.74, 6) is 0.202. The van der Waals surface area contributed by atoms with Crippen LogP contribution in [0, 0.1) is 12.7 Å². The molecule has 0 saturated carbocycles. The van der Waals surface area contributed by atoms with Gasteiger partial charge < -0.3 is 4.74 Å². The second kappa shape index (κ2) is 4.03. The highest BCUT2D eigenvalue weighted by Gasteiger charge is 2.01. The van der Waals surface area contributed by atoms with E-state index in [9.17, 15) is 9.18 Å². The van der Waals surface area contributed by atoms with Crippen LogP contribution < -0.4 is 4.74 Å². The molecule has 0 bridgehead atoms. The fraction of sp³-hybridized carbons (Fsp3) is 0.300. The van der Waals surface area contributed by atoms with Gasteiger partial charge in [-0.1, -0.05) is 0 Å². The molecule has 0 aliphatic carbocycles. The quantitative estimate of drug-likeness (QED) is 0.715. The van der Waals surface area contributed by atoms with Crippen LogP contribution in [-0.2, 0) is 4.79 Å². The molecular weight excluding hydrogens is 171 g/mol. The minimum Gasteiger partial charge on any atom is -0.486 e. The Balaban J connectivity index is 2.72. The summed E-state index contributed by atoms with van der Waals surface area (Å²) < 4.78 is 17.8. The molecule has 1 aromatic carbocycles. The highest BCUT2D eigenvalue weighted by atomic mass is 19.1. The number of rotatable bonds is 3. The summed E-state index contributed by atoms with van der Waals surface area (Å²) in [7, 11) is 0. The van der Waals surface area contributed by atoms with Gasteiger partial charge in [0, 0.05) is 0 Å². The lowest BCUT2D eigenvalue weighted by Crippen LogP contribution is -2.07. The molecule has 0 unspecified atom stereocenters. The van der Waals surface area contributed by atoms with E-state index in [1.54, 1.807) is 6.92 Å². The smallest absolute Gasteiger partial charge is 0.167 e. The normalized spacial score (nSPS) is 9.77. The van der Waals surface area contributed by atoms with Crippen LogP contribution >= 0.6 is 0 Å². The van der Waals surface area contributed by atoms with E-state index in [-0.39, 0.29) is 18.2 Å². The minimum atomic E-state index is -0.298. The molecule has 0 aliphatic heterocycles. The number of ketones is 1. The van der Waals surface area contributed by atoms with E-state index >= 15 is 0 Å². The molecule has 0 atom stereocenters. The van der Waals surface area contributed by atoms with Gasteiger partial charge in [0.1, 0.15) is 18.2 Å². The van der Waals surface area contributed by atoms with Crippen LogP contribution in [0.2, 0.25) is 0 Å². The maximum absolute atomic E-state index is 12.6. The molecule has 3 heteroatoms. The number of hydrogen-bond acceptors (Lipinski definition) is 2. The first-order chi connectivity index (χ1) is 6.09. The van der Waals surface area contributed by atoms with Gasteiger partial charge in [0.25, 0.3) is 0 Å². The first kappa shape index (κ1) is 9.71. The molecule has 1 aromatic rings. The third-order valence-corrected chi connectivity index (χ3v) is 1.57. The van der Waals surface area contributed by atoms with Crippen LogP contribution in [0.1, 0.15) is 12.5 Å². The lowest BCUT2D eigenvalue weighted by atomic mass is 10.2. The predicted octanol–water partition coefficient (Wildman–Crippen LogP) is 2.10. The van der Waals surface area contributed by atoms with E-state index in [2.05, 4.69) is 0 Å². The fourth-order valence-corrected chi connectivity index (χ4v) is 0.954. The highest BCUT2D eigenvalue weighted by Crippen LogP contribution is 2.17. The van der Waals surface area contributed by atoms with Gasteiger partial charge in [-0.25, -0.2) is 4.39 Å². The van der Waals surface area contributed by atoms with Crippen molar-refractivity contribution in [3.63, 3.8) is 0 Å². The van der Waals surface area contributed by atoms with Crippen LogP contribution in [0.15, 0.2) is 18.2 Å². The molecule has 0 spiro atoms. The molecular formula is C10H11FO2. The number of hydrogen-bond donors (Lipinski definition) is 0.